The third kappa shape index (κ3) is 2.44. The second kappa shape index (κ2) is 5.06. The van der Waals surface area contributed by atoms with Crippen molar-refractivity contribution < 1.29 is 14.7 Å². The highest BCUT2D eigenvalue weighted by atomic mass is 32.1. The van der Waals surface area contributed by atoms with E-state index in [9.17, 15) is 14.7 Å². The summed E-state index contributed by atoms with van der Waals surface area (Å²) in [5.41, 5.74) is 0.120. The number of thiophene rings is 1. The Kier molecular flexibility index (Phi) is 3.78. The lowest BCUT2D eigenvalue weighted by atomic mass is 9.78. The second-order valence-electron chi connectivity index (χ2n) is 5.63. The van der Waals surface area contributed by atoms with Gasteiger partial charge in [0, 0.05) is 6.42 Å². The van der Waals surface area contributed by atoms with Crippen molar-refractivity contribution in [2.45, 2.75) is 33.3 Å². The molecule has 0 spiro atoms. The van der Waals surface area contributed by atoms with Gasteiger partial charge in [0.1, 0.15) is 0 Å². The summed E-state index contributed by atoms with van der Waals surface area (Å²) in [6, 6.07) is 1.81. The average Bonchev–Trinajstić information content (AvgIpc) is 2.93. The van der Waals surface area contributed by atoms with Gasteiger partial charge in [0.25, 0.3) is 0 Å². The second-order valence-corrected chi connectivity index (χ2v) is 6.41. The molecule has 1 aromatic rings. The van der Waals surface area contributed by atoms with Crippen molar-refractivity contribution in [1.82, 2.24) is 4.90 Å². The smallest absolute Gasteiger partial charge is 0.235 e. The molecule has 0 aliphatic carbocycles. The highest BCUT2D eigenvalue weighted by molar-refractivity contribution is 7.07. The first-order valence-corrected chi connectivity index (χ1v) is 7.35. The quantitative estimate of drug-likeness (QED) is 0.861. The van der Waals surface area contributed by atoms with Gasteiger partial charge in [-0.05, 0) is 35.2 Å². The third-order valence-electron chi connectivity index (χ3n) is 4.11. The van der Waals surface area contributed by atoms with Crippen LogP contribution in [0.1, 0.15) is 38.9 Å². The number of β-amino-alcohol motifs (C(OH)–C–C–N with tert-alkyl or cyclic N) is 1. The molecule has 0 aromatic carbocycles. The predicted octanol–water partition coefficient (Wildman–Crippen LogP) is 2.20. The molecule has 104 valence electrons. The molecular weight excluding hydrogens is 262 g/mol. The van der Waals surface area contributed by atoms with Crippen LogP contribution in [0.5, 0.6) is 0 Å². The molecule has 2 atom stereocenters. The molecule has 0 saturated carbocycles. The van der Waals surface area contributed by atoms with Gasteiger partial charge in [0.2, 0.25) is 11.8 Å². The summed E-state index contributed by atoms with van der Waals surface area (Å²) in [6.45, 7) is 5.78. The maximum absolute atomic E-state index is 12.4. The Bertz CT molecular complexity index is 483. The van der Waals surface area contributed by atoms with Crippen molar-refractivity contribution in [2.24, 2.45) is 11.3 Å². The van der Waals surface area contributed by atoms with Gasteiger partial charge in [0.15, 0.2) is 0 Å². The Hall–Kier alpha value is -1.20. The van der Waals surface area contributed by atoms with Crippen LogP contribution < -0.4 is 0 Å². The highest BCUT2D eigenvalue weighted by Gasteiger charge is 2.50. The number of aliphatic hydroxyl groups is 1. The number of imide groups is 1. The minimum Gasteiger partial charge on any atom is -0.387 e. The molecule has 0 bridgehead atoms. The Balaban J connectivity index is 2.14. The lowest BCUT2D eigenvalue weighted by Crippen LogP contribution is -2.39. The van der Waals surface area contributed by atoms with E-state index >= 15 is 0 Å². The average molecular weight is 281 g/mol. The van der Waals surface area contributed by atoms with Crippen molar-refractivity contribution in [3.63, 3.8) is 0 Å². The van der Waals surface area contributed by atoms with Crippen LogP contribution in [0.2, 0.25) is 0 Å². The summed E-state index contributed by atoms with van der Waals surface area (Å²) < 4.78 is 0. The fraction of sp³-hybridized carbons (Fsp3) is 0.571. The molecule has 2 heterocycles. The van der Waals surface area contributed by atoms with E-state index < -0.39 is 11.5 Å². The Morgan fingerprint density at radius 2 is 2.16 bits per heavy atom. The zero-order valence-corrected chi connectivity index (χ0v) is 12.2. The summed E-state index contributed by atoms with van der Waals surface area (Å²) in [4.78, 5) is 25.6. The van der Waals surface area contributed by atoms with E-state index in [-0.39, 0.29) is 30.7 Å². The molecule has 2 unspecified atom stereocenters. The highest BCUT2D eigenvalue weighted by Crippen LogP contribution is 2.39. The van der Waals surface area contributed by atoms with Gasteiger partial charge in [-0.3, -0.25) is 14.5 Å². The van der Waals surface area contributed by atoms with Gasteiger partial charge in [-0.25, -0.2) is 0 Å². The van der Waals surface area contributed by atoms with Gasteiger partial charge in [0.05, 0.1) is 18.1 Å². The van der Waals surface area contributed by atoms with Crippen molar-refractivity contribution in [1.29, 1.82) is 0 Å². The van der Waals surface area contributed by atoms with Gasteiger partial charge in [-0.2, -0.15) is 11.3 Å². The summed E-state index contributed by atoms with van der Waals surface area (Å²) in [7, 11) is 0. The zero-order chi connectivity index (χ0) is 14.2. The Labute approximate surface area is 117 Å². The van der Waals surface area contributed by atoms with E-state index in [0.717, 1.165) is 5.56 Å². The Morgan fingerprint density at radius 3 is 2.63 bits per heavy atom. The van der Waals surface area contributed by atoms with Crippen LogP contribution in [0.4, 0.5) is 0 Å². The van der Waals surface area contributed by atoms with Crippen LogP contribution in [0, 0.1) is 11.3 Å². The van der Waals surface area contributed by atoms with E-state index in [0.29, 0.717) is 0 Å². The van der Waals surface area contributed by atoms with Crippen LogP contribution in [0.25, 0.3) is 0 Å². The molecule has 1 aliphatic rings. The van der Waals surface area contributed by atoms with E-state index in [1.54, 1.807) is 0 Å². The number of amides is 2. The first-order chi connectivity index (χ1) is 8.86. The largest absolute Gasteiger partial charge is 0.387 e. The van der Waals surface area contributed by atoms with E-state index in [1.807, 2.05) is 37.6 Å². The Morgan fingerprint density at radius 1 is 1.47 bits per heavy atom. The normalized spacial score (nSPS) is 25.4. The van der Waals surface area contributed by atoms with Crippen molar-refractivity contribution in [3.05, 3.63) is 22.4 Å². The SMILES string of the molecule is CC(C)C1(C)CC(=O)N(CC(O)c2ccsc2)C1=O. The molecule has 1 fully saturated rings. The minimum atomic E-state index is -0.798. The predicted molar refractivity (Wildman–Crippen MR) is 73.6 cm³/mol. The van der Waals surface area contributed by atoms with E-state index in [1.165, 1.54) is 16.2 Å². The van der Waals surface area contributed by atoms with Crippen LogP contribution in [-0.4, -0.2) is 28.4 Å². The maximum atomic E-state index is 12.4. The first-order valence-electron chi connectivity index (χ1n) is 6.41. The van der Waals surface area contributed by atoms with Gasteiger partial charge in [-0.1, -0.05) is 13.8 Å². The summed E-state index contributed by atoms with van der Waals surface area (Å²) >= 11 is 1.48. The summed E-state index contributed by atoms with van der Waals surface area (Å²) in [6.07, 6.45) is -0.562. The van der Waals surface area contributed by atoms with Crippen LogP contribution in [0.3, 0.4) is 0 Å². The summed E-state index contributed by atoms with van der Waals surface area (Å²) in [5.74, 6) is -0.246. The van der Waals surface area contributed by atoms with Crippen molar-refractivity contribution in [2.75, 3.05) is 6.54 Å². The fourth-order valence-electron chi connectivity index (χ4n) is 2.29. The number of nitrogens with zero attached hydrogens (tertiary/aromatic N) is 1. The molecule has 2 rings (SSSR count). The fourth-order valence-corrected chi connectivity index (χ4v) is 2.99. The molecule has 2 amide bonds. The summed E-state index contributed by atoms with van der Waals surface area (Å²) in [5, 5.41) is 13.8. The molecular formula is C14H19NO3S. The van der Waals surface area contributed by atoms with Crippen LogP contribution in [0.15, 0.2) is 16.8 Å². The number of aliphatic hydroxyl groups excluding tert-OH is 1. The van der Waals surface area contributed by atoms with Crippen molar-refractivity contribution >= 4 is 23.2 Å². The van der Waals surface area contributed by atoms with Gasteiger partial charge >= 0.3 is 0 Å². The van der Waals surface area contributed by atoms with Crippen molar-refractivity contribution in [3.8, 4) is 0 Å². The van der Waals surface area contributed by atoms with Crippen LogP contribution >= 0.6 is 11.3 Å². The molecule has 1 saturated heterocycles. The lowest BCUT2D eigenvalue weighted by Gasteiger charge is -2.26. The standard InChI is InChI=1S/C14H19NO3S/c1-9(2)14(3)6-12(17)15(13(14)18)7-11(16)10-4-5-19-8-10/h4-5,8-9,11,16H,6-7H2,1-3H3. The number of hydrogen-bond donors (Lipinski definition) is 1. The van der Waals surface area contributed by atoms with E-state index in [4.69, 9.17) is 0 Å². The number of hydrogen-bond acceptors (Lipinski definition) is 4. The monoisotopic (exact) mass is 281 g/mol. The molecule has 4 nitrogen and oxygen atoms in total. The first kappa shape index (κ1) is 14.2. The molecule has 19 heavy (non-hydrogen) atoms. The zero-order valence-electron chi connectivity index (χ0n) is 11.4. The lowest BCUT2D eigenvalue weighted by molar-refractivity contribution is -0.143. The van der Waals surface area contributed by atoms with E-state index in [2.05, 4.69) is 0 Å². The third-order valence-corrected chi connectivity index (χ3v) is 4.81. The molecule has 0 radical (unpaired) electrons. The topological polar surface area (TPSA) is 57.6 Å². The number of rotatable bonds is 4. The van der Waals surface area contributed by atoms with Gasteiger partial charge in [-0.15, -0.1) is 0 Å². The number of carbonyl (C=O) groups is 2. The maximum Gasteiger partial charge on any atom is 0.235 e. The number of carbonyl (C=O) groups excluding carboxylic acids is 2. The molecule has 1 aromatic heterocycles. The molecule has 1 aliphatic heterocycles. The molecule has 1 N–H and O–H groups in total. The number of likely N-dealkylation sites (tertiary alicyclic amines) is 1. The minimum absolute atomic E-state index is 0.0523. The van der Waals surface area contributed by atoms with Gasteiger partial charge < -0.3 is 5.11 Å². The van der Waals surface area contributed by atoms with Crippen LogP contribution in [-0.2, 0) is 9.59 Å². The molecule has 5 heteroatoms.